The second-order valence-electron chi connectivity index (χ2n) is 4.73. The highest BCUT2D eigenvalue weighted by atomic mass is 16.5. The fourth-order valence-electron chi connectivity index (χ4n) is 2.12. The van der Waals surface area contributed by atoms with Crippen LogP contribution >= 0.6 is 0 Å². The number of amides is 1. The molecule has 2 aromatic rings. The Morgan fingerprint density at radius 2 is 1.95 bits per heavy atom. The predicted octanol–water partition coefficient (Wildman–Crippen LogP) is 2.30. The number of carbonyl (C=O) groups excluding carboxylic acids is 1. The minimum Gasteiger partial charge on any atom is -0.453 e. The number of hydrogen-bond donors (Lipinski definition) is 1. The number of aromatic nitrogens is 3. The van der Waals surface area contributed by atoms with Crippen LogP contribution in [0, 0.1) is 13.8 Å². The number of nitrogens with zero attached hydrogens (tertiary/aromatic N) is 3. The molecular formula is C14H18N4O2. The predicted molar refractivity (Wildman–Crippen MR) is 74.8 cm³/mol. The first-order chi connectivity index (χ1) is 9.51. The molecule has 1 amide bonds. The molecular weight excluding hydrogens is 256 g/mol. The van der Waals surface area contributed by atoms with E-state index in [0.29, 0.717) is 5.82 Å². The Bertz CT molecular complexity index is 601. The Kier molecular flexibility index (Phi) is 4.02. The van der Waals surface area contributed by atoms with Crippen LogP contribution in [-0.2, 0) is 4.74 Å². The second kappa shape index (κ2) is 5.73. The Hall–Kier alpha value is -2.37. The Labute approximate surface area is 117 Å². The smallest absolute Gasteiger partial charge is 0.407 e. The Morgan fingerprint density at radius 3 is 2.55 bits per heavy atom. The standard InChI is InChI=1S/C14H18N4O2/c1-9-5-10(2)7-12(6-9)18-13(15-8-16-18)11(3)17-14(19)20-4/h5-8,11H,1-4H3,(H,17,19). The van der Waals surface area contributed by atoms with Crippen molar-refractivity contribution in [1.29, 1.82) is 0 Å². The molecule has 0 fully saturated rings. The molecule has 0 aliphatic carbocycles. The lowest BCUT2D eigenvalue weighted by atomic mass is 10.1. The van der Waals surface area contributed by atoms with Crippen LogP contribution in [0.25, 0.3) is 5.69 Å². The average Bonchev–Trinajstić information content (AvgIpc) is 2.86. The molecule has 6 nitrogen and oxygen atoms in total. The van der Waals surface area contributed by atoms with Crippen LogP contribution in [0.2, 0.25) is 0 Å². The summed E-state index contributed by atoms with van der Waals surface area (Å²) in [6.45, 7) is 5.90. The molecule has 1 atom stereocenters. The number of hydrogen-bond acceptors (Lipinski definition) is 4. The SMILES string of the molecule is COC(=O)NC(C)c1ncnn1-c1cc(C)cc(C)c1. The normalized spacial score (nSPS) is 12.0. The lowest BCUT2D eigenvalue weighted by Crippen LogP contribution is -2.28. The van der Waals surface area contributed by atoms with E-state index in [4.69, 9.17) is 0 Å². The summed E-state index contributed by atoms with van der Waals surface area (Å²) in [5.41, 5.74) is 3.22. The molecule has 1 aromatic heterocycles. The van der Waals surface area contributed by atoms with Gasteiger partial charge in [0.2, 0.25) is 0 Å². The fourth-order valence-corrected chi connectivity index (χ4v) is 2.12. The molecule has 0 bridgehead atoms. The van der Waals surface area contributed by atoms with Gasteiger partial charge >= 0.3 is 6.09 Å². The maximum Gasteiger partial charge on any atom is 0.407 e. The van der Waals surface area contributed by atoms with Gasteiger partial charge in [0.25, 0.3) is 0 Å². The first kappa shape index (κ1) is 14.0. The van der Waals surface area contributed by atoms with Gasteiger partial charge in [0.1, 0.15) is 6.33 Å². The summed E-state index contributed by atoms with van der Waals surface area (Å²) in [6, 6.07) is 5.84. The van der Waals surface area contributed by atoms with E-state index in [2.05, 4.69) is 26.2 Å². The van der Waals surface area contributed by atoms with Crippen LogP contribution in [0.4, 0.5) is 4.79 Å². The topological polar surface area (TPSA) is 69.0 Å². The van der Waals surface area contributed by atoms with Crippen LogP contribution in [0.5, 0.6) is 0 Å². The fraction of sp³-hybridized carbons (Fsp3) is 0.357. The number of alkyl carbamates (subject to hydrolysis) is 1. The molecule has 6 heteroatoms. The summed E-state index contributed by atoms with van der Waals surface area (Å²) in [4.78, 5) is 15.5. The Balaban J connectivity index is 2.34. The van der Waals surface area contributed by atoms with E-state index in [1.165, 1.54) is 13.4 Å². The zero-order valence-corrected chi connectivity index (χ0v) is 12.0. The van der Waals surface area contributed by atoms with Gasteiger partial charge in [-0.15, -0.1) is 0 Å². The van der Waals surface area contributed by atoms with Crippen molar-refractivity contribution in [2.75, 3.05) is 7.11 Å². The first-order valence-electron chi connectivity index (χ1n) is 6.34. The molecule has 20 heavy (non-hydrogen) atoms. The summed E-state index contributed by atoms with van der Waals surface area (Å²) < 4.78 is 6.32. The van der Waals surface area contributed by atoms with Crippen LogP contribution in [0.3, 0.4) is 0 Å². The number of nitrogens with one attached hydrogen (secondary N) is 1. The molecule has 0 saturated carbocycles. The number of benzene rings is 1. The minimum absolute atomic E-state index is 0.300. The molecule has 1 N–H and O–H groups in total. The van der Waals surface area contributed by atoms with Crippen molar-refractivity contribution in [3.8, 4) is 5.69 Å². The Morgan fingerprint density at radius 1 is 1.30 bits per heavy atom. The maximum absolute atomic E-state index is 11.3. The van der Waals surface area contributed by atoms with Crippen molar-refractivity contribution < 1.29 is 9.53 Å². The third-order valence-corrected chi connectivity index (χ3v) is 2.93. The summed E-state index contributed by atoms with van der Waals surface area (Å²) in [6.07, 6.45) is 0.982. The lowest BCUT2D eigenvalue weighted by molar-refractivity contribution is 0.167. The van der Waals surface area contributed by atoms with Crippen molar-refractivity contribution in [1.82, 2.24) is 20.1 Å². The molecule has 1 aromatic carbocycles. The van der Waals surface area contributed by atoms with Crippen molar-refractivity contribution in [2.24, 2.45) is 0 Å². The monoisotopic (exact) mass is 274 g/mol. The van der Waals surface area contributed by atoms with E-state index in [9.17, 15) is 4.79 Å². The van der Waals surface area contributed by atoms with Crippen molar-refractivity contribution in [3.63, 3.8) is 0 Å². The second-order valence-corrected chi connectivity index (χ2v) is 4.73. The van der Waals surface area contributed by atoms with Crippen LogP contribution in [-0.4, -0.2) is 28.0 Å². The average molecular weight is 274 g/mol. The quantitative estimate of drug-likeness (QED) is 0.932. The van der Waals surface area contributed by atoms with Gasteiger partial charge in [0, 0.05) is 0 Å². The third kappa shape index (κ3) is 2.96. The van der Waals surface area contributed by atoms with Crippen LogP contribution in [0.15, 0.2) is 24.5 Å². The van der Waals surface area contributed by atoms with Gasteiger partial charge in [-0.1, -0.05) is 6.07 Å². The van der Waals surface area contributed by atoms with E-state index >= 15 is 0 Å². The van der Waals surface area contributed by atoms with Crippen molar-refractivity contribution in [3.05, 3.63) is 41.5 Å². The maximum atomic E-state index is 11.3. The highest BCUT2D eigenvalue weighted by Crippen LogP contribution is 2.17. The number of aryl methyl sites for hydroxylation is 2. The molecule has 106 valence electrons. The van der Waals surface area contributed by atoms with Crippen LogP contribution < -0.4 is 5.32 Å². The van der Waals surface area contributed by atoms with E-state index in [1.54, 1.807) is 4.68 Å². The molecule has 0 radical (unpaired) electrons. The summed E-state index contributed by atoms with van der Waals surface area (Å²) >= 11 is 0. The van der Waals surface area contributed by atoms with Crippen LogP contribution in [0.1, 0.15) is 29.9 Å². The van der Waals surface area contributed by atoms with Gasteiger partial charge in [-0.25, -0.2) is 14.5 Å². The number of carbonyl (C=O) groups is 1. The van der Waals surface area contributed by atoms with E-state index < -0.39 is 6.09 Å². The van der Waals surface area contributed by atoms with Gasteiger partial charge < -0.3 is 10.1 Å². The largest absolute Gasteiger partial charge is 0.453 e. The van der Waals surface area contributed by atoms with Gasteiger partial charge in [0.05, 0.1) is 18.8 Å². The van der Waals surface area contributed by atoms with E-state index in [-0.39, 0.29) is 6.04 Å². The first-order valence-corrected chi connectivity index (χ1v) is 6.34. The molecule has 0 aliphatic heterocycles. The third-order valence-electron chi connectivity index (χ3n) is 2.93. The molecule has 2 rings (SSSR count). The lowest BCUT2D eigenvalue weighted by Gasteiger charge is -2.14. The molecule has 0 spiro atoms. The summed E-state index contributed by atoms with van der Waals surface area (Å²) in [5.74, 6) is 0.653. The molecule has 0 aliphatic rings. The van der Waals surface area contributed by atoms with E-state index in [1.807, 2.05) is 32.9 Å². The van der Waals surface area contributed by atoms with Gasteiger partial charge in [-0.3, -0.25) is 0 Å². The minimum atomic E-state index is -0.493. The highest BCUT2D eigenvalue weighted by molar-refractivity contribution is 5.67. The van der Waals surface area contributed by atoms with Gasteiger partial charge in [-0.05, 0) is 44.0 Å². The van der Waals surface area contributed by atoms with Crippen molar-refractivity contribution in [2.45, 2.75) is 26.8 Å². The number of ether oxygens (including phenoxy) is 1. The number of methoxy groups -OCH3 is 1. The molecule has 1 unspecified atom stereocenters. The van der Waals surface area contributed by atoms with Gasteiger partial charge in [-0.2, -0.15) is 5.10 Å². The van der Waals surface area contributed by atoms with Crippen molar-refractivity contribution >= 4 is 6.09 Å². The molecule has 0 saturated heterocycles. The highest BCUT2D eigenvalue weighted by Gasteiger charge is 2.17. The zero-order valence-electron chi connectivity index (χ0n) is 12.0. The summed E-state index contributed by atoms with van der Waals surface area (Å²) in [5, 5.41) is 6.92. The van der Waals surface area contributed by atoms with Gasteiger partial charge in [0.15, 0.2) is 5.82 Å². The van der Waals surface area contributed by atoms with E-state index in [0.717, 1.165) is 16.8 Å². The number of rotatable bonds is 3. The molecule has 1 heterocycles. The zero-order chi connectivity index (χ0) is 14.7. The summed E-state index contributed by atoms with van der Waals surface area (Å²) in [7, 11) is 1.33.